The fraction of sp³-hybridized carbons (Fsp3) is 0.217. The number of thiophene rings is 1. The van der Waals surface area contributed by atoms with E-state index in [1.165, 1.54) is 33.6 Å². The van der Waals surface area contributed by atoms with E-state index >= 15 is 0 Å². The number of carbonyl (C=O) groups is 2. The average molecular weight is 388 g/mol. The van der Waals surface area contributed by atoms with Crippen LogP contribution in [-0.4, -0.2) is 29.3 Å². The Morgan fingerprint density at radius 2 is 1.86 bits per heavy atom. The van der Waals surface area contributed by atoms with Gasteiger partial charge in [0.15, 0.2) is 0 Å². The molecule has 0 radical (unpaired) electrons. The number of likely N-dealkylation sites (tertiary alicyclic amines) is 1. The van der Waals surface area contributed by atoms with Crippen LogP contribution in [0.5, 0.6) is 0 Å². The maximum absolute atomic E-state index is 12.9. The molecule has 2 aromatic carbocycles. The largest absolute Gasteiger partial charge is 0.326 e. The maximum atomic E-state index is 12.9. The Morgan fingerprint density at radius 1 is 1.00 bits per heavy atom. The number of rotatable bonds is 3. The van der Waals surface area contributed by atoms with E-state index in [4.69, 9.17) is 0 Å². The van der Waals surface area contributed by atoms with Gasteiger partial charge < -0.3 is 10.2 Å². The van der Waals surface area contributed by atoms with E-state index in [0.717, 1.165) is 18.5 Å². The lowest BCUT2D eigenvalue weighted by molar-refractivity contribution is -0.119. The van der Waals surface area contributed by atoms with Crippen LogP contribution in [0.25, 0.3) is 11.1 Å². The van der Waals surface area contributed by atoms with Gasteiger partial charge in [-0.3, -0.25) is 9.59 Å². The van der Waals surface area contributed by atoms with Crippen molar-refractivity contribution in [3.8, 4) is 11.1 Å². The molecule has 2 heterocycles. The minimum atomic E-state index is -0.407. The van der Waals surface area contributed by atoms with Crippen LogP contribution in [0.3, 0.4) is 0 Å². The molecule has 2 aliphatic rings. The first-order valence-corrected chi connectivity index (χ1v) is 10.5. The molecule has 5 heteroatoms. The normalized spacial score (nSPS) is 17.3. The molecule has 1 aliphatic heterocycles. The number of nitrogens with one attached hydrogen (secondary N) is 1. The van der Waals surface area contributed by atoms with Gasteiger partial charge in [-0.25, -0.2) is 0 Å². The van der Waals surface area contributed by atoms with E-state index in [9.17, 15) is 9.59 Å². The standard InChI is InChI=1S/C23H20N2O2S/c26-22(20-7-3-11-25(20)23(27)21-8-4-12-28-21)24-17-10-9-16-13-15-5-1-2-6-18(15)19(16)14-17/h1-2,4-6,8-10,12,14,20H,3,7,11,13H2,(H,24,26)/t20-/m0/s1. The third-order valence-corrected chi connectivity index (χ3v) is 6.47. The Hall–Kier alpha value is -2.92. The zero-order valence-corrected chi connectivity index (χ0v) is 16.2. The van der Waals surface area contributed by atoms with Crippen LogP contribution in [0.15, 0.2) is 60.0 Å². The summed E-state index contributed by atoms with van der Waals surface area (Å²) in [6.07, 6.45) is 2.49. The molecule has 4 nitrogen and oxygen atoms in total. The molecule has 0 saturated carbocycles. The maximum Gasteiger partial charge on any atom is 0.264 e. The van der Waals surface area contributed by atoms with Gasteiger partial charge in [-0.2, -0.15) is 0 Å². The third kappa shape index (κ3) is 2.92. The van der Waals surface area contributed by atoms with Crippen molar-refractivity contribution in [1.29, 1.82) is 0 Å². The van der Waals surface area contributed by atoms with Gasteiger partial charge in [0, 0.05) is 12.2 Å². The fourth-order valence-corrected chi connectivity index (χ4v) is 4.93. The lowest BCUT2D eigenvalue weighted by Gasteiger charge is -2.23. The summed E-state index contributed by atoms with van der Waals surface area (Å²) in [5, 5.41) is 4.93. The van der Waals surface area contributed by atoms with Gasteiger partial charge in [-0.05, 0) is 65.1 Å². The molecule has 5 rings (SSSR count). The quantitative estimate of drug-likeness (QED) is 0.559. The summed E-state index contributed by atoms with van der Waals surface area (Å²) in [5.41, 5.74) is 5.82. The lowest BCUT2D eigenvalue weighted by atomic mass is 10.1. The number of amides is 2. The Labute approximate surface area is 167 Å². The number of fused-ring (bicyclic) bond motifs is 3. The molecule has 140 valence electrons. The van der Waals surface area contributed by atoms with E-state index in [2.05, 4.69) is 35.6 Å². The van der Waals surface area contributed by atoms with Crippen LogP contribution in [0, 0.1) is 0 Å². The van der Waals surface area contributed by atoms with Crippen LogP contribution < -0.4 is 5.32 Å². The molecule has 1 aliphatic carbocycles. The van der Waals surface area contributed by atoms with E-state index in [1.807, 2.05) is 29.6 Å². The first kappa shape index (κ1) is 17.2. The molecule has 2 amide bonds. The van der Waals surface area contributed by atoms with Crippen molar-refractivity contribution in [3.63, 3.8) is 0 Å². The smallest absolute Gasteiger partial charge is 0.264 e. The van der Waals surface area contributed by atoms with Crippen LogP contribution in [0.4, 0.5) is 5.69 Å². The molecule has 0 unspecified atom stereocenters. The van der Waals surface area contributed by atoms with E-state index in [1.54, 1.807) is 4.90 Å². The van der Waals surface area contributed by atoms with Crippen LogP contribution >= 0.6 is 11.3 Å². The number of hydrogen-bond donors (Lipinski definition) is 1. The first-order chi connectivity index (χ1) is 13.7. The summed E-state index contributed by atoms with van der Waals surface area (Å²) in [5.74, 6) is -0.149. The summed E-state index contributed by atoms with van der Waals surface area (Å²) < 4.78 is 0. The second-order valence-electron chi connectivity index (χ2n) is 7.33. The SMILES string of the molecule is O=C(Nc1ccc2c(c1)-c1ccccc1C2)[C@@H]1CCCN1C(=O)c1cccs1. The predicted octanol–water partition coefficient (Wildman–Crippen LogP) is 4.56. The monoisotopic (exact) mass is 388 g/mol. The van der Waals surface area contributed by atoms with Gasteiger partial charge in [-0.15, -0.1) is 11.3 Å². The van der Waals surface area contributed by atoms with Crippen LogP contribution in [0.2, 0.25) is 0 Å². The molecule has 1 saturated heterocycles. The summed E-state index contributed by atoms with van der Waals surface area (Å²) in [6, 6.07) is 17.8. The van der Waals surface area contributed by atoms with E-state index < -0.39 is 6.04 Å². The topological polar surface area (TPSA) is 49.4 Å². The minimum Gasteiger partial charge on any atom is -0.326 e. The highest BCUT2D eigenvalue weighted by molar-refractivity contribution is 7.12. The Balaban J connectivity index is 1.36. The van der Waals surface area contributed by atoms with Crippen molar-refractivity contribution in [2.45, 2.75) is 25.3 Å². The second-order valence-corrected chi connectivity index (χ2v) is 8.28. The second kappa shape index (κ2) is 6.91. The van der Waals surface area contributed by atoms with Crippen molar-refractivity contribution in [2.75, 3.05) is 11.9 Å². The van der Waals surface area contributed by atoms with Crippen molar-refractivity contribution >= 4 is 28.8 Å². The molecule has 1 aromatic heterocycles. The third-order valence-electron chi connectivity index (χ3n) is 5.61. The molecule has 1 N–H and O–H groups in total. The van der Waals surface area contributed by atoms with E-state index in [-0.39, 0.29) is 11.8 Å². The number of hydrogen-bond acceptors (Lipinski definition) is 3. The van der Waals surface area contributed by atoms with Crippen molar-refractivity contribution in [3.05, 3.63) is 76.0 Å². The van der Waals surface area contributed by atoms with Crippen LogP contribution in [0.1, 0.15) is 33.6 Å². The number of nitrogens with zero attached hydrogens (tertiary/aromatic N) is 1. The molecule has 3 aromatic rings. The summed E-state index contributed by atoms with van der Waals surface area (Å²) in [7, 11) is 0. The van der Waals surface area contributed by atoms with Crippen molar-refractivity contribution in [2.24, 2.45) is 0 Å². The predicted molar refractivity (Wildman–Crippen MR) is 112 cm³/mol. The minimum absolute atomic E-state index is 0.0458. The molecule has 0 spiro atoms. The van der Waals surface area contributed by atoms with Crippen LogP contribution in [-0.2, 0) is 11.2 Å². The van der Waals surface area contributed by atoms with Gasteiger partial charge >= 0.3 is 0 Å². The van der Waals surface area contributed by atoms with Gasteiger partial charge in [-0.1, -0.05) is 36.4 Å². The Morgan fingerprint density at radius 3 is 2.71 bits per heavy atom. The lowest BCUT2D eigenvalue weighted by Crippen LogP contribution is -2.42. The number of benzene rings is 2. The molecule has 1 fully saturated rings. The Kier molecular flexibility index (Phi) is 4.24. The van der Waals surface area contributed by atoms with Gasteiger partial charge in [0.25, 0.3) is 5.91 Å². The summed E-state index contributed by atoms with van der Waals surface area (Å²) >= 11 is 1.42. The summed E-state index contributed by atoms with van der Waals surface area (Å²) in [4.78, 5) is 28.1. The van der Waals surface area contributed by atoms with Gasteiger partial charge in [0.05, 0.1) is 4.88 Å². The molecular formula is C23H20N2O2S. The Bertz CT molecular complexity index is 1060. The fourth-order valence-electron chi connectivity index (χ4n) is 4.25. The molecule has 1 atom stereocenters. The number of anilines is 1. The zero-order chi connectivity index (χ0) is 19.1. The van der Waals surface area contributed by atoms with Gasteiger partial charge in [0.2, 0.25) is 5.91 Å². The first-order valence-electron chi connectivity index (χ1n) is 9.57. The molecule has 28 heavy (non-hydrogen) atoms. The summed E-state index contributed by atoms with van der Waals surface area (Å²) in [6.45, 7) is 0.631. The average Bonchev–Trinajstić information content (AvgIpc) is 3.46. The molecular weight excluding hydrogens is 368 g/mol. The number of carbonyl (C=O) groups excluding carboxylic acids is 2. The van der Waals surface area contributed by atoms with Crippen molar-refractivity contribution in [1.82, 2.24) is 4.90 Å². The molecule has 0 bridgehead atoms. The highest BCUT2D eigenvalue weighted by Gasteiger charge is 2.35. The van der Waals surface area contributed by atoms with E-state index in [0.29, 0.717) is 17.8 Å². The highest BCUT2D eigenvalue weighted by Crippen LogP contribution is 2.38. The highest BCUT2D eigenvalue weighted by atomic mass is 32.1. The zero-order valence-electron chi connectivity index (χ0n) is 15.4. The van der Waals surface area contributed by atoms with Gasteiger partial charge in [0.1, 0.15) is 6.04 Å². The van der Waals surface area contributed by atoms with Crippen molar-refractivity contribution < 1.29 is 9.59 Å².